The van der Waals surface area contributed by atoms with Crippen LogP contribution in [0.2, 0.25) is 5.02 Å². The number of anilines is 1. The van der Waals surface area contributed by atoms with Gasteiger partial charge in [-0.3, -0.25) is 9.59 Å². The van der Waals surface area contributed by atoms with Crippen LogP contribution in [-0.2, 0) is 17.8 Å². The average molecular weight is 414 g/mol. The first-order valence-electron chi connectivity index (χ1n) is 8.77. The number of carbonyl (C=O) groups is 2. The molecule has 1 heterocycles. The molecule has 0 bridgehead atoms. The molecule has 2 N–H and O–H groups in total. The summed E-state index contributed by atoms with van der Waals surface area (Å²) < 4.78 is 0. The Hall–Kier alpha value is -2.70. The molecule has 0 atom stereocenters. The van der Waals surface area contributed by atoms with Gasteiger partial charge < -0.3 is 10.6 Å². The molecule has 2 amide bonds. The minimum atomic E-state index is -0.228. The molecule has 3 rings (SSSR count). The van der Waals surface area contributed by atoms with Crippen molar-refractivity contribution < 1.29 is 9.59 Å². The van der Waals surface area contributed by atoms with E-state index in [9.17, 15) is 9.59 Å². The summed E-state index contributed by atoms with van der Waals surface area (Å²) in [6.45, 7) is 4.23. The van der Waals surface area contributed by atoms with Crippen LogP contribution in [-0.4, -0.2) is 16.8 Å². The first-order valence-corrected chi connectivity index (χ1v) is 9.96. The summed E-state index contributed by atoms with van der Waals surface area (Å²) in [6.07, 6.45) is 0.0853. The van der Waals surface area contributed by atoms with Gasteiger partial charge in [-0.25, -0.2) is 4.98 Å². The van der Waals surface area contributed by atoms with E-state index in [1.54, 1.807) is 31.2 Å². The van der Waals surface area contributed by atoms with E-state index in [4.69, 9.17) is 11.6 Å². The Labute approximate surface area is 172 Å². The van der Waals surface area contributed by atoms with Crippen molar-refractivity contribution in [3.63, 3.8) is 0 Å². The number of aromatic nitrogens is 1. The maximum atomic E-state index is 12.5. The molecule has 0 unspecified atom stereocenters. The Morgan fingerprint density at radius 3 is 2.50 bits per heavy atom. The Bertz CT molecular complexity index is 999. The van der Waals surface area contributed by atoms with Gasteiger partial charge in [-0.1, -0.05) is 53.6 Å². The normalized spacial score (nSPS) is 10.5. The third kappa shape index (κ3) is 5.18. The van der Waals surface area contributed by atoms with E-state index in [1.165, 1.54) is 16.9 Å². The van der Waals surface area contributed by atoms with Gasteiger partial charge in [0.05, 0.1) is 22.8 Å². The highest BCUT2D eigenvalue weighted by atomic mass is 35.5. The number of nitrogens with zero attached hydrogens (tertiary/aromatic N) is 1. The average Bonchev–Trinajstić information content (AvgIpc) is 3.03. The lowest BCUT2D eigenvalue weighted by atomic mass is 10.1. The SMILES string of the molecule is Cc1ccc(CNC(=O)c2sc(CC(=O)Nc3ccccc3Cl)nc2C)cc1. The van der Waals surface area contributed by atoms with Crippen LogP contribution in [0.5, 0.6) is 0 Å². The summed E-state index contributed by atoms with van der Waals surface area (Å²) in [7, 11) is 0. The molecule has 0 fully saturated rings. The smallest absolute Gasteiger partial charge is 0.263 e. The number of aryl methyl sites for hydroxylation is 2. The summed E-state index contributed by atoms with van der Waals surface area (Å²) in [6, 6.07) is 15.0. The lowest BCUT2D eigenvalue weighted by Gasteiger charge is -2.05. The lowest BCUT2D eigenvalue weighted by Crippen LogP contribution is -2.22. The molecular formula is C21H20ClN3O2S. The number of hydrogen-bond donors (Lipinski definition) is 2. The van der Waals surface area contributed by atoms with Crippen molar-refractivity contribution in [3.05, 3.63) is 80.3 Å². The molecule has 144 valence electrons. The fourth-order valence-electron chi connectivity index (χ4n) is 2.60. The zero-order valence-corrected chi connectivity index (χ0v) is 17.2. The molecule has 2 aromatic carbocycles. The lowest BCUT2D eigenvalue weighted by molar-refractivity contribution is -0.115. The van der Waals surface area contributed by atoms with E-state index in [1.807, 2.05) is 31.2 Å². The third-order valence-corrected chi connectivity index (χ3v) is 5.57. The van der Waals surface area contributed by atoms with Crippen molar-refractivity contribution in [1.29, 1.82) is 0 Å². The van der Waals surface area contributed by atoms with Gasteiger partial charge in [0.25, 0.3) is 5.91 Å². The zero-order valence-electron chi connectivity index (χ0n) is 15.6. The van der Waals surface area contributed by atoms with Crippen molar-refractivity contribution in [3.8, 4) is 0 Å². The maximum absolute atomic E-state index is 12.5. The van der Waals surface area contributed by atoms with Gasteiger partial charge in [0.15, 0.2) is 0 Å². The van der Waals surface area contributed by atoms with Crippen LogP contribution in [0.1, 0.15) is 31.5 Å². The van der Waals surface area contributed by atoms with Gasteiger partial charge >= 0.3 is 0 Å². The van der Waals surface area contributed by atoms with Crippen molar-refractivity contribution in [1.82, 2.24) is 10.3 Å². The molecular weight excluding hydrogens is 394 g/mol. The summed E-state index contributed by atoms with van der Waals surface area (Å²) >= 11 is 7.29. The number of nitrogens with one attached hydrogen (secondary N) is 2. The highest BCUT2D eigenvalue weighted by molar-refractivity contribution is 7.13. The molecule has 5 nitrogen and oxygen atoms in total. The number of thiazole rings is 1. The summed E-state index contributed by atoms with van der Waals surface area (Å²) in [5, 5.41) is 6.73. The van der Waals surface area contributed by atoms with Crippen molar-refractivity contribution in [2.24, 2.45) is 0 Å². The molecule has 0 aliphatic heterocycles. The van der Waals surface area contributed by atoms with Gasteiger partial charge in [-0.15, -0.1) is 11.3 Å². The molecule has 0 aliphatic rings. The van der Waals surface area contributed by atoms with Gasteiger partial charge in [0, 0.05) is 6.54 Å². The van der Waals surface area contributed by atoms with Crippen LogP contribution in [0.15, 0.2) is 48.5 Å². The van der Waals surface area contributed by atoms with Crippen LogP contribution in [0, 0.1) is 13.8 Å². The standard InChI is InChI=1S/C21H20ClN3O2S/c1-13-7-9-15(10-8-13)12-23-21(27)20-14(2)24-19(28-20)11-18(26)25-17-6-4-3-5-16(17)22/h3-10H,11-12H2,1-2H3,(H,23,27)(H,25,26). The molecule has 0 spiro atoms. The van der Waals surface area contributed by atoms with Gasteiger partial charge in [-0.05, 0) is 31.5 Å². The fourth-order valence-corrected chi connectivity index (χ4v) is 3.76. The number of halogens is 1. The predicted molar refractivity (Wildman–Crippen MR) is 113 cm³/mol. The van der Waals surface area contributed by atoms with E-state index in [2.05, 4.69) is 15.6 Å². The zero-order chi connectivity index (χ0) is 20.1. The number of amides is 2. The quantitative estimate of drug-likeness (QED) is 0.623. The molecule has 0 saturated heterocycles. The van der Waals surface area contributed by atoms with Crippen LogP contribution in [0.25, 0.3) is 0 Å². The molecule has 7 heteroatoms. The fraction of sp³-hybridized carbons (Fsp3) is 0.190. The van der Waals surface area contributed by atoms with Gasteiger partial charge in [-0.2, -0.15) is 0 Å². The monoisotopic (exact) mass is 413 g/mol. The van der Waals surface area contributed by atoms with Crippen molar-refractivity contribution in [2.45, 2.75) is 26.8 Å². The second-order valence-electron chi connectivity index (χ2n) is 6.40. The Morgan fingerprint density at radius 1 is 1.07 bits per heavy atom. The van der Waals surface area contributed by atoms with Crippen LogP contribution in [0.4, 0.5) is 5.69 Å². The van der Waals surface area contributed by atoms with Crippen molar-refractivity contribution >= 4 is 40.4 Å². The molecule has 28 heavy (non-hydrogen) atoms. The second kappa shape index (κ2) is 8.99. The van der Waals surface area contributed by atoms with Crippen LogP contribution < -0.4 is 10.6 Å². The van der Waals surface area contributed by atoms with E-state index >= 15 is 0 Å². The highest BCUT2D eigenvalue weighted by Gasteiger charge is 2.17. The second-order valence-corrected chi connectivity index (χ2v) is 7.89. The van der Waals surface area contributed by atoms with Crippen LogP contribution in [0.3, 0.4) is 0 Å². The van der Waals surface area contributed by atoms with Crippen LogP contribution >= 0.6 is 22.9 Å². The summed E-state index contributed by atoms with van der Waals surface area (Å²) in [5.74, 6) is -0.415. The van der Waals surface area contributed by atoms with E-state index in [0.29, 0.717) is 32.8 Å². The van der Waals surface area contributed by atoms with Crippen molar-refractivity contribution in [2.75, 3.05) is 5.32 Å². The molecule has 0 saturated carbocycles. The minimum Gasteiger partial charge on any atom is -0.347 e. The van der Waals surface area contributed by atoms with E-state index < -0.39 is 0 Å². The summed E-state index contributed by atoms with van der Waals surface area (Å²) in [5.41, 5.74) is 3.37. The molecule has 0 radical (unpaired) electrons. The topological polar surface area (TPSA) is 71.1 Å². The molecule has 0 aliphatic carbocycles. The first-order chi connectivity index (χ1) is 13.4. The Kier molecular flexibility index (Phi) is 6.44. The molecule has 1 aromatic heterocycles. The highest BCUT2D eigenvalue weighted by Crippen LogP contribution is 2.22. The number of para-hydroxylation sites is 1. The molecule has 3 aromatic rings. The number of benzene rings is 2. The van der Waals surface area contributed by atoms with E-state index in [0.717, 1.165) is 5.56 Å². The maximum Gasteiger partial charge on any atom is 0.263 e. The Balaban J connectivity index is 1.60. The van der Waals surface area contributed by atoms with E-state index in [-0.39, 0.29) is 18.2 Å². The van der Waals surface area contributed by atoms with Gasteiger partial charge in [0.1, 0.15) is 9.88 Å². The third-order valence-electron chi connectivity index (χ3n) is 4.08. The first kappa shape index (κ1) is 20.0. The summed E-state index contributed by atoms with van der Waals surface area (Å²) in [4.78, 5) is 29.6. The predicted octanol–water partition coefficient (Wildman–Crippen LogP) is 4.52. The largest absolute Gasteiger partial charge is 0.347 e. The number of hydrogen-bond acceptors (Lipinski definition) is 4. The number of rotatable bonds is 6. The Morgan fingerprint density at radius 2 is 1.79 bits per heavy atom. The minimum absolute atomic E-state index is 0.0853. The number of carbonyl (C=O) groups excluding carboxylic acids is 2. The van der Waals surface area contributed by atoms with Gasteiger partial charge in [0.2, 0.25) is 5.91 Å².